The first kappa shape index (κ1) is 15.5. The lowest BCUT2D eigenvalue weighted by Crippen LogP contribution is -2.42. The molecule has 0 saturated carbocycles. The molecule has 1 rings (SSSR count). The SMILES string of the molecule is CN=C(NCCNS(C)(=O)=O)N(C)Cc1ccco1. The highest BCUT2D eigenvalue weighted by atomic mass is 32.2. The van der Waals surface area contributed by atoms with E-state index in [2.05, 4.69) is 15.0 Å². The molecule has 0 atom stereocenters. The Morgan fingerprint density at radius 2 is 2.21 bits per heavy atom. The second-order valence-electron chi connectivity index (χ2n) is 4.08. The average Bonchev–Trinajstić information content (AvgIpc) is 2.80. The predicted molar refractivity (Wildman–Crippen MR) is 74.4 cm³/mol. The van der Waals surface area contributed by atoms with Crippen LogP contribution in [0, 0.1) is 0 Å². The van der Waals surface area contributed by atoms with E-state index in [4.69, 9.17) is 4.42 Å². The molecule has 0 spiro atoms. The van der Waals surface area contributed by atoms with E-state index in [1.54, 1.807) is 13.3 Å². The molecule has 7 nitrogen and oxygen atoms in total. The molecule has 1 heterocycles. The zero-order valence-electron chi connectivity index (χ0n) is 11.4. The lowest BCUT2D eigenvalue weighted by atomic mass is 10.4. The van der Waals surface area contributed by atoms with Crippen molar-refractivity contribution in [2.75, 3.05) is 33.4 Å². The van der Waals surface area contributed by atoms with Gasteiger partial charge in [0.2, 0.25) is 10.0 Å². The summed E-state index contributed by atoms with van der Waals surface area (Å²) in [6.07, 6.45) is 2.75. The summed E-state index contributed by atoms with van der Waals surface area (Å²) in [5.41, 5.74) is 0. The highest BCUT2D eigenvalue weighted by Gasteiger charge is 2.08. The van der Waals surface area contributed by atoms with Crippen molar-refractivity contribution < 1.29 is 12.8 Å². The van der Waals surface area contributed by atoms with Crippen molar-refractivity contribution in [1.29, 1.82) is 0 Å². The Labute approximate surface area is 113 Å². The van der Waals surface area contributed by atoms with Crippen LogP contribution in [-0.2, 0) is 16.6 Å². The van der Waals surface area contributed by atoms with Crippen LogP contribution in [0.25, 0.3) is 0 Å². The third-order valence-electron chi connectivity index (χ3n) is 2.32. The topological polar surface area (TPSA) is 86.9 Å². The fraction of sp³-hybridized carbons (Fsp3) is 0.545. The summed E-state index contributed by atoms with van der Waals surface area (Å²) in [4.78, 5) is 6.00. The van der Waals surface area contributed by atoms with Gasteiger partial charge in [0.05, 0.1) is 19.1 Å². The van der Waals surface area contributed by atoms with Gasteiger partial charge in [-0.2, -0.15) is 0 Å². The third kappa shape index (κ3) is 6.25. The van der Waals surface area contributed by atoms with E-state index in [1.165, 1.54) is 0 Å². The van der Waals surface area contributed by atoms with Crippen LogP contribution >= 0.6 is 0 Å². The van der Waals surface area contributed by atoms with Gasteiger partial charge in [0.1, 0.15) is 5.76 Å². The minimum absolute atomic E-state index is 0.312. The van der Waals surface area contributed by atoms with E-state index in [9.17, 15) is 8.42 Å². The van der Waals surface area contributed by atoms with Crippen LogP contribution in [0.3, 0.4) is 0 Å². The van der Waals surface area contributed by atoms with Gasteiger partial charge in [-0.15, -0.1) is 0 Å². The Bertz CT molecular complexity index is 496. The lowest BCUT2D eigenvalue weighted by molar-refractivity contribution is 0.400. The van der Waals surface area contributed by atoms with Crippen molar-refractivity contribution in [3.8, 4) is 0 Å². The number of hydrogen-bond donors (Lipinski definition) is 2. The van der Waals surface area contributed by atoms with Gasteiger partial charge in [0, 0.05) is 27.2 Å². The molecule has 2 N–H and O–H groups in total. The molecular formula is C11H20N4O3S. The summed E-state index contributed by atoms with van der Waals surface area (Å²) in [6, 6.07) is 3.71. The van der Waals surface area contributed by atoms with E-state index >= 15 is 0 Å². The second kappa shape index (κ2) is 7.15. The lowest BCUT2D eigenvalue weighted by Gasteiger charge is -2.20. The molecule has 0 unspecified atom stereocenters. The average molecular weight is 288 g/mol. The summed E-state index contributed by atoms with van der Waals surface area (Å²) in [5.74, 6) is 1.51. The molecule has 0 aliphatic heterocycles. The van der Waals surface area contributed by atoms with E-state index in [0.717, 1.165) is 12.0 Å². The number of furan rings is 1. The molecule has 0 bridgehead atoms. The largest absolute Gasteiger partial charge is 0.467 e. The Morgan fingerprint density at radius 1 is 1.47 bits per heavy atom. The fourth-order valence-electron chi connectivity index (χ4n) is 1.51. The second-order valence-corrected chi connectivity index (χ2v) is 5.91. The molecule has 0 aliphatic carbocycles. The Kier molecular flexibility index (Phi) is 5.84. The van der Waals surface area contributed by atoms with E-state index < -0.39 is 10.0 Å². The van der Waals surface area contributed by atoms with Crippen LogP contribution in [0.4, 0.5) is 0 Å². The summed E-state index contributed by atoms with van der Waals surface area (Å²) < 4.78 is 29.5. The number of rotatable bonds is 6. The number of hydrogen-bond acceptors (Lipinski definition) is 4. The molecule has 1 aromatic rings. The number of nitrogens with one attached hydrogen (secondary N) is 2. The predicted octanol–water partition coefficient (Wildman–Crippen LogP) is -0.164. The van der Waals surface area contributed by atoms with Gasteiger partial charge in [0.15, 0.2) is 5.96 Å². The maximum absolute atomic E-state index is 10.9. The van der Waals surface area contributed by atoms with Crippen molar-refractivity contribution >= 4 is 16.0 Å². The number of aliphatic imine (C=N–C) groups is 1. The van der Waals surface area contributed by atoms with Gasteiger partial charge in [-0.25, -0.2) is 13.1 Å². The molecular weight excluding hydrogens is 268 g/mol. The summed E-state index contributed by atoms with van der Waals surface area (Å²) in [6.45, 7) is 1.36. The number of guanidine groups is 1. The van der Waals surface area contributed by atoms with Crippen LogP contribution in [-0.4, -0.2) is 52.7 Å². The highest BCUT2D eigenvalue weighted by molar-refractivity contribution is 7.88. The highest BCUT2D eigenvalue weighted by Crippen LogP contribution is 2.03. The van der Waals surface area contributed by atoms with Gasteiger partial charge in [-0.1, -0.05) is 0 Å². The first-order valence-electron chi connectivity index (χ1n) is 5.81. The smallest absolute Gasteiger partial charge is 0.208 e. The number of nitrogens with zero attached hydrogens (tertiary/aromatic N) is 2. The quantitative estimate of drug-likeness (QED) is 0.431. The van der Waals surface area contributed by atoms with Crippen molar-refractivity contribution in [3.05, 3.63) is 24.2 Å². The van der Waals surface area contributed by atoms with Crippen LogP contribution in [0.5, 0.6) is 0 Å². The van der Waals surface area contributed by atoms with Crippen molar-refractivity contribution in [2.24, 2.45) is 4.99 Å². The molecule has 8 heteroatoms. The fourth-order valence-corrected chi connectivity index (χ4v) is 1.98. The standard InChI is InChI=1S/C11H20N4O3S/c1-12-11(13-6-7-14-19(3,16)17)15(2)9-10-5-4-8-18-10/h4-5,8,14H,6-7,9H2,1-3H3,(H,12,13). The molecule has 0 aromatic carbocycles. The summed E-state index contributed by atoms with van der Waals surface area (Å²) in [7, 11) is 0.400. The summed E-state index contributed by atoms with van der Waals surface area (Å²) in [5, 5.41) is 3.06. The van der Waals surface area contributed by atoms with Crippen molar-refractivity contribution in [2.45, 2.75) is 6.54 Å². The first-order valence-corrected chi connectivity index (χ1v) is 7.70. The minimum Gasteiger partial charge on any atom is -0.467 e. The molecule has 0 radical (unpaired) electrons. The van der Waals surface area contributed by atoms with Gasteiger partial charge < -0.3 is 14.6 Å². The molecule has 1 aromatic heterocycles. The molecule has 0 aliphatic rings. The van der Waals surface area contributed by atoms with E-state index in [1.807, 2.05) is 24.1 Å². The van der Waals surface area contributed by atoms with Crippen LogP contribution in [0.2, 0.25) is 0 Å². The third-order valence-corrected chi connectivity index (χ3v) is 3.05. The zero-order valence-corrected chi connectivity index (χ0v) is 12.2. The Morgan fingerprint density at radius 3 is 2.74 bits per heavy atom. The molecule has 0 saturated heterocycles. The molecule has 19 heavy (non-hydrogen) atoms. The van der Waals surface area contributed by atoms with Crippen LogP contribution in [0.15, 0.2) is 27.8 Å². The first-order chi connectivity index (χ1) is 8.92. The van der Waals surface area contributed by atoms with Gasteiger partial charge in [0.25, 0.3) is 0 Å². The van der Waals surface area contributed by atoms with Gasteiger partial charge in [-0.05, 0) is 12.1 Å². The van der Waals surface area contributed by atoms with E-state index in [0.29, 0.717) is 25.6 Å². The normalized spacial score (nSPS) is 12.5. The van der Waals surface area contributed by atoms with Crippen molar-refractivity contribution in [1.82, 2.24) is 14.9 Å². The van der Waals surface area contributed by atoms with Gasteiger partial charge >= 0.3 is 0 Å². The minimum atomic E-state index is -3.15. The monoisotopic (exact) mass is 288 g/mol. The molecule has 0 fully saturated rings. The Balaban J connectivity index is 2.37. The number of sulfonamides is 1. The molecule has 108 valence electrons. The van der Waals surface area contributed by atoms with E-state index in [-0.39, 0.29) is 0 Å². The van der Waals surface area contributed by atoms with Crippen LogP contribution in [0.1, 0.15) is 5.76 Å². The molecule has 0 amide bonds. The Hall–Kier alpha value is -1.54. The van der Waals surface area contributed by atoms with Crippen LogP contribution < -0.4 is 10.0 Å². The summed E-state index contributed by atoms with van der Waals surface area (Å²) >= 11 is 0. The zero-order chi connectivity index (χ0) is 14.3. The van der Waals surface area contributed by atoms with Crippen molar-refractivity contribution in [3.63, 3.8) is 0 Å². The maximum Gasteiger partial charge on any atom is 0.208 e. The maximum atomic E-state index is 10.9. The van der Waals surface area contributed by atoms with Gasteiger partial charge in [-0.3, -0.25) is 4.99 Å².